The molecule has 1 aromatic carbocycles. The highest BCUT2D eigenvalue weighted by atomic mass is 15.4. The van der Waals surface area contributed by atoms with E-state index in [1.807, 2.05) is 40.9 Å². The molecule has 1 aliphatic rings. The lowest BCUT2D eigenvalue weighted by Gasteiger charge is -2.22. The third kappa shape index (κ3) is 3.19. The van der Waals surface area contributed by atoms with E-state index >= 15 is 0 Å². The number of benzene rings is 1. The molecular weight excluding hydrogens is 286 g/mol. The standard InChI is InChI=1S/C18H21N5.H2/c1-2-5-15(6-3-1)20-18-21-17-8-4-7-16(23(17)22-18)13-14-9-11-19-12-10-14;/h1-8,14,19H,9-13H2,(H,20,22);1H. The van der Waals surface area contributed by atoms with Crippen molar-refractivity contribution in [2.75, 3.05) is 18.4 Å². The summed E-state index contributed by atoms with van der Waals surface area (Å²) in [7, 11) is 0. The lowest BCUT2D eigenvalue weighted by molar-refractivity contribution is 0.368. The predicted molar refractivity (Wildman–Crippen MR) is 94.1 cm³/mol. The van der Waals surface area contributed by atoms with Gasteiger partial charge in [-0.05, 0) is 62.5 Å². The van der Waals surface area contributed by atoms with E-state index in [1.165, 1.54) is 18.5 Å². The van der Waals surface area contributed by atoms with Crippen LogP contribution in [0.15, 0.2) is 48.5 Å². The highest BCUT2D eigenvalue weighted by Gasteiger charge is 2.16. The summed E-state index contributed by atoms with van der Waals surface area (Å²) in [5, 5.41) is 11.3. The highest BCUT2D eigenvalue weighted by Crippen LogP contribution is 2.20. The molecular formula is C18H23N5. The van der Waals surface area contributed by atoms with Crippen LogP contribution in [0.25, 0.3) is 5.65 Å². The topological polar surface area (TPSA) is 54.2 Å². The molecule has 3 aromatic rings. The van der Waals surface area contributed by atoms with Crippen molar-refractivity contribution in [2.24, 2.45) is 5.92 Å². The van der Waals surface area contributed by atoms with Gasteiger partial charge in [0.1, 0.15) is 0 Å². The summed E-state index contributed by atoms with van der Waals surface area (Å²) >= 11 is 0. The molecule has 0 bridgehead atoms. The number of nitrogens with zero attached hydrogens (tertiary/aromatic N) is 3. The maximum absolute atomic E-state index is 4.65. The van der Waals surface area contributed by atoms with E-state index in [2.05, 4.69) is 32.8 Å². The summed E-state index contributed by atoms with van der Waals surface area (Å²) in [4.78, 5) is 4.59. The first-order valence-electron chi connectivity index (χ1n) is 8.26. The fourth-order valence-corrected chi connectivity index (χ4v) is 3.20. The van der Waals surface area contributed by atoms with Gasteiger partial charge in [-0.15, -0.1) is 5.10 Å². The number of anilines is 2. The zero-order valence-electron chi connectivity index (χ0n) is 13.1. The van der Waals surface area contributed by atoms with Crippen molar-refractivity contribution in [3.05, 3.63) is 54.2 Å². The molecule has 2 N–H and O–H groups in total. The average Bonchev–Trinajstić information content (AvgIpc) is 3.00. The van der Waals surface area contributed by atoms with Crippen LogP contribution in [-0.2, 0) is 6.42 Å². The first-order chi connectivity index (χ1) is 11.4. The molecule has 1 aliphatic heterocycles. The Hall–Kier alpha value is -2.40. The minimum atomic E-state index is 0. The summed E-state index contributed by atoms with van der Waals surface area (Å²) in [6.07, 6.45) is 3.54. The molecule has 0 unspecified atom stereocenters. The fourth-order valence-electron chi connectivity index (χ4n) is 3.20. The minimum absolute atomic E-state index is 0. The Morgan fingerprint density at radius 3 is 2.74 bits per heavy atom. The maximum Gasteiger partial charge on any atom is 0.247 e. The summed E-state index contributed by atoms with van der Waals surface area (Å²) < 4.78 is 1.98. The number of piperidine rings is 1. The monoisotopic (exact) mass is 309 g/mol. The first-order valence-corrected chi connectivity index (χ1v) is 8.26. The second-order valence-corrected chi connectivity index (χ2v) is 6.11. The lowest BCUT2D eigenvalue weighted by atomic mass is 9.93. The summed E-state index contributed by atoms with van der Waals surface area (Å²) in [6, 6.07) is 16.3. The van der Waals surface area contributed by atoms with Crippen molar-refractivity contribution in [3.8, 4) is 0 Å². The quantitative estimate of drug-likeness (QED) is 0.777. The molecule has 1 saturated heterocycles. The van der Waals surface area contributed by atoms with Crippen molar-refractivity contribution < 1.29 is 1.43 Å². The van der Waals surface area contributed by atoms with E-state index in [-0.39, 0.29) is 1.43 Å². The number of aromatic nitrogens is 3. The van der Waals surface area contributed by atoms with E-state index in [1.54, 1.807) is 0 Å². The van der Waals surface area contributed by atoms with Gasteiger partial charge in [-0.2, -0.15) is 4.98 Å². The number of pyridine rings is 1. The van der Waals surface area contributed by atoms with Gasteiger partial charge in [-0.1, -0.05) is 24.3 Å². The molecule has 23 heavy (non-hydrogen) atoms. The largest absolute Gasteiger partial charge is 0.323 e. The smallest absolute Gasteiger partial charge is 0.247 e. The number of nitrogens with one attached hydrogen (secondary N) is 2. The lowest BCUT2D eigenvalue weighted by Crippen LogP contribution is -2.29. The van der Waals surface area contributed by atoms with E-state index in [9.17, 15) is 0 Å². The van der Waals surface area contributed by atoms with Crippen molar-refractivity contribution in [1.82, 2.24) is 19.9 Å². The van der Waals surface area contributed by atoms with Gasteiger partial charge < -0.3 is 10.6 Å². The van der Waals surface area contributed by atoms with Crippen molar-refractivity contribution in [2.45, 2.75) is 19.3 Å². The summed E-state index contributed by atoms with van der Waals surface area (Å²) in [6.45, 7) is 2.25. The number of hydrogen-bond donors (Lipinski definition) is 2. The van der Waals surface area contributed by atoms with E-state index in [0.717, 1.165) is 36.8 Å². The molecule has 1 fully saturated rings. The maximum atomic E-state index is 4.65. The van der Waals surface area contributed by atoms with Gasteiger partial charge in [0.25, 0.3) is 0 Å². The number of rotatable bonds is 4. The Labute approximate surface area is 137 Å². The predicted octanol–water partition coefficient (Wildman–Crippen LogP) is 3.26. The Kier molecular flexibility index (Phi) is 3.94. The Balaban J connectivity index is 0.00000169. The minimum Gasteiger partial charge on any atom is -0.323 e. The molecule has 120 valence electrons. The van der Waals surface area contributed by atoms with E-state index < -0.39 is 0 Å². The fraction of sp³-hybridized carbons (Fsp3) is 0.333. The summed E-state index contributed by atoms with van der Waals surface area (Å²) in [5.41, 5.74) is 3.14. The molecule has 4 rings (SSSR count). The molecule has 0 aliphatic carbocycles. The highest BCUT2D eigenvalue weighted by molar-refractivity contribution is 5.55. The van der Waals surface area contributed by atoms with Gasteiger partial charge in [0, 0.05) is 12.8 Å². The van der Waals surface area contributed by atoms with Crippen LogP contribution in [0, 0.1) is 5.92 Å². The van der Waals surface area contributed by atoms with Crippen LogP contribution < -0.4 is 10.6 Å². The van der Waals surface area contributed by atoms with Crippen LogP contribution in [0.4, 0.5) is 11.6 Å². The molecule has 0 atom stereocenters. The summed E-state index contributed by atoms with van der Waals surface area (Å²) in [5.74, 6) is 1.38. The van der Waals surface area contributed by atoms with Crippen LogP contribution in [0.2, 0.25) is 0 Å². The first kappa shape index (κ1) is 14.2. The van der Waals surface area contributed by atoms with Gasteiger partial charge in [0.2, 0.25) is 5.95 Å². The third-order valence-corrected chi connectivity index (χ3v) is 4.42. The second kappa shape index (κ2) is 6.38. The van der Waals surface area contributed by atoms with E-state index in [0.29, 0.717) is 5.95 Å². The van der Waals surface area contributed by atoms with Crippen LogP contribution in [0.3, 0.4) is 0 Å². The van der Waals surface area contributed by atoms with E-state index in [4.69, 9.17) is 0 Å². The van der Waals surface area contributed by atoms with Crippen LogP contribution in [0.5, 0.6) is 0 Å². The van der Waals surface area contributed by atoms with Crippen LogP contribution in [-0.4, -0.2) is 27.7 Å². The molecule has 5 heteroatoms. The molecule has 5 nitrogen and oxygen atoms in total. The number of fused-ring (bicyclic) bond motifs is 1. The Morgan fingerprint density at radius 2 is 1.91 bits per heavy atom. The zero-order valence-corrected chi connectivity index (χ0v) is 13.1. The molecule has 0 spiro atoms. The van der Waals surface area contributed by atoms with Crippen molar-refractivity contribution in [3.63, 3.8) is 0 Å². The van der Waals surface area contributed by atoms with Crippen LogP contribution >= 0.6 is 0 Å². The zero-order chi connectivity index (χ0) is 15.5. The number of para-hydroxylation sites is 1. The van der Waals surface area contributed by atoms with Gasteiger partial charge in [-0.25, -0.2) is 4.52 Å². The van der Waals surface area contributed by atoms with Gasteiger partial charge in [-0.3, -0.25) is 0 Å². The second-order valence-electron chi connectivity index (χ2n) is 6.11. The Morgan fingerprint density at radius 1 is 1.09 bits per heavy atom. The normalized spacial score (nSPS) is 15.8. The van der Waals surface area contributed by atoms with Gasteiger partial charge >= 0.3 is 0 Å². The van der Waals surface area contributed by atoms with Gasteiger partial charge in [0.05, 0.1) is 0 Å². The van der Waals surface area contributed by atoms with Gasteiger partial charge in [0.15, 0.2) is 5.65 Å². The number of hydrogen-bond acceptors (Lipinski definition) is 4. The molecule has 0 radical (unpaired) electrons. The van der Waals surface area contributed by atoms with Crippen LogP contribution in [0.1, 0.15) is 20.0 Å². The molecule has 0 amide bonds. The average molecular weight is 309 g/mol. The molecule has 3 heterocycles. The Bertz CT molecular complexity index is 780. The third-order valence-electron chi connectivity index (χ3n) is 4.42. The van der Waals surface area contributed by atoms with Crippen molar-refractivity contribution in [1.29, 1.82) is 0 Å². The molecule has 2 aromatic heterocycles. The van der Waals surface area contributed by atoms with Crippen molar-refractivity contribution >= 4 is 17.3 Å². The molecule has 0 saturated carbocycles. The SMILES string of the molecule is [HH].c1ccc(Nc2nc3cccc(CC4CCNCC4)n3n2)cc1.